The topological polar surface area (TPSA) is 70.4 Å². The van der Waals surface area contributed by atoms with Crippen molar-refractivity contribution in [1.82, 2.24) is 14.7 Å². The largest absolute Gasteiger partial charge is 0.507 e. The number of benzene rings is 3. The summed E-state index contributed by atoms with van der Waals surface area (Å²) in [4.78, 5) is 6.27. The fraction of sp³-hybridized carbons (Fsp3) is 0.647. The summed E-state index contributed by atoms with van der Waals surface area (Å²) in [5.74, 6) is 1.36. The van der Waals surface area contributed by atoms with Gasteiger partial charge in [0.1, 0.15) is 17.2 Å². The predicted octanol–water partition coefficient (Wildman–Crippen LogP) is 12.1. The van der Waals surface area contributed by atoms with Gasteiger partial charge in [0.05, 0.1) is 0 Å². The number of phenols is 3. The first-order valence-electron chi connectivity index (χ1n) is 20.8. The van der Waals surface area contributed by atoms with Gasteiger partial charge >= 0.3 is 0 Å². The van der Waals surface area contributed by atoms with Gasteiger partial charge in [-0.15, -0.1) is 0 Å². The molecule has 0 spiro atoms. The van der Waals surface area contributed by atoms with Crippen LogP contribution in [0.25, 0.3) is 0 Å². The first kappa shape index (κ1) is 56.1. The number of nitrogens with zero attached hydrogens (tertiary/aromatic N) is 3. The van der Waals surface area contributed by atoms with Crippen LogP contribution in [0.2, 0.25) is 0 Å². The number of hydrogen-bond donors (Lipinski definition) is 3. The Morgan fingerprint density at radius 2 is 0.500 bits per heavy atom. The summed E-state index contributed by atoms with van der Waals surface area (Å²) in [6.07, 6.45) is 0. The molecule has 3 aromatic carbocycles. The monoisotopic (exact) mass is 929 g/mol. The average Bonchev–Trinajstić information content (AvgIpc) is 2.96. The molecular weight excluding hydrogens is 841 g/mol. The maximum Gasteiger partial charge on any atom is 0.123 e. The van der Waals surface area contributed by atoms with Crippen molar-refractivity contribution in [1.29, 1.82) is 0 Å². The molecule has 0 bridgehead atoms. The van der Waals surface area contributed by atoms with E-state index in [4.69, 9.17) is 0 Å². The summed E-state index contributed by atoms with van der Waals surface area (Å²) in [6, 6.07) is 12.9. The molecule has 0 unspecified atom stereocenters. The van der Waals surface area contributed by atoms with Crippen molar-refractivity contribution in [2.75, 3.05) is 42.3 Å². The van der Waals surface area contributed by atoms with E-state index in [2.05, 4.69) is 176 Å². The maximum absolute atomic E-state index is 10.5. The van der Waals surface area contributed by atoms with Gasteiger partial charge in [-0.2, -0.15) is 0 Å². The van der Waals surface area contributed by atoms with E-state index in [9.17, 15) is 15.3 Å². The minimum Gasteiger partial charge on any atom is -0.507 e. The van der Waals surface area contributed by atoms with Crippen LogP contribution < -0.4 is 0 Å². The Hall–Kier alpha value is -1.87. The first-order valence-corrected chi connectivity index (χ1v) is 20.8. The van der Waals surface area contributed by atoms with Crippen molar-refractivity contribution in [3.63, 3.8) is 0 Å². The first-order chi connectivity index (χ1) is 25.3. The smallest absolute Gasteiger partial charge is 0.123 e. The molecule has 0 saturated carbocycles. The van der Waals surface area contributed by atoms with Crippen molar-refractivity contribution in [2.24, 2.45) is 0 Å². The third-order valence-electron chi connectivity index (χ3n) is 10.0. The van der Waals surface area contributed by atoms with Crippen LogP contribution in [-0.4, -0.2) is 72.3 Å². The maximum atomic E-state index is 10.5. The second-order valence-electron chi connectivity index (χ2n) is 23.3. The summed E-state index contributed by atoms with van der Waals surface area (Å²) < 4.78 is 0. The molecule has 58 heavy (non-hydrogen) atoms. The Labute approximate surface area is 385 Å². The number of phenolic OH excluding ortho intramolecular Hbond substituents is 3. The number of aromatic hydroxyl groups is 3. The van der Waals surface area contributed by atoms with Gasteiger partial charge in [0.15, 0.2) is 0 Å². The summed E-state index contributed by atoms with van der Waals surface area (Å²) in [7, 11) is 12.2. The Morgan fingerprint density at radius 3 is 0.621 bits per heavy atom. The standard InChI is InChI=1S/3C17H29NO.La/c3*1-16(2,3)13-9-12(11-18(7)8)15(19)14(10-13)17(4,5)6;/h3*9-10,19H,11H2,1-8H3;. The van der Waals surface area contributed by atoms with Gasteiger partial charge in [0.2, 0.25) is 0 Å². The third-order valence-corrected chi connectivity index (χ3v) is 10.0. The molecule has 6 nitrogen and oxygen atoms in total. The second-order valence-corrected chi connectivity index (χ2v) is 23.3. The van der Waals surface area contributed by atoms with Crippen LogP contribution in [0.4, 0.5) is 0 Å². The van der Waals surface area contributed by atoms with Crippen LogP contribution >= 0.6 is 0 Å². The van der Waals surface area contributed by atoms with Crippen molar-refractivity contribution in [3.05, 3.63) is 86.5 Å². The van der Waals surface area contributed by atoms with E-state index in [1.165, 1.54) is 16.7 Å². The second kappa shape index (κ2) is 20.8. The van der Waals surface area contributed by atoms with Crippen LogP contribution in [-0.2, 0) is 52.1 Å². The number of rotatable bonds is 6. The molecule has 1 radical (unpaired) electrons. The molecule has 327 valence electrons. The molecule has 0 aliphatic carbocycles. The normalized spacial score (nSPS) is 12.9. The zero-order valence-electron chi connectivity index (χ0n) is 41.8. The minimum atomic E-state index is -0.0492. The van der Waals surface area contributed by atoms with Crippen molar-refractivity contribution >= 4 is 0 Å². The van der Waals surface area contributed by atoms with Crippen molar-refractivity contribution in [2.45, 2.75) is 177 Å². The Balaban J connectivity index is 0.000000833. The zero-order valence-corrected chi connectivity index (χ0v) is 45.5. The summed E-state index contributed by atoms with van der Waals surface area (Å²) in [5.41, 5.74) is 10.1. The molecule has 0 aliphatic heterocycles. The van der Waals surface area contributed by atoms with Gasteiger partial charge in [-0.1, -0.05) is 161 Å². The fourth-order valence-electron chi connectivity index (χ4n) is 6.48. The molecule has 7 heteroatoms. The molecule has 0 saturated heterocycles. The fourth-order valence-corrected chi connectivity index (χ4v) is 6.48. The van der Waals surface area contributed by atoms with E-state index < -0.39 is 0 Å². The van der Waals surface area contributed by atoms with Crippen LogP contribution in [0, 0.1) is 35.6 Å². The molecule has 0 aromatic heterocycles. The number of hydrogen-bond acceptors (Lipinski definition) is 6. The van der Waals surface area contributed by atoms with E-state index in [1.807, 2.05) is 42.3 Å². The van der Waals surface area contributed by atoms with E-state index in [1.54, 1.807) is 0 Å². The molecule has 0 aliphatic rings. The van der Waals surface area contributed by atoms with Gasteiger partial charge in [-0.25, -0.2) is 0 Å². The molecule has 0 heterocycles. The molecular formula is C51H87LaN3O3. The van der Waals surface area contributed by atoms with Crippen molar-refractivity contribution in [3.8, 4) is 17.2 Å². The minimum absolute atomic E-state index is 0. The van der Waals surface area contributed by atoms with Gasteiger partial charge < -0.3 is 30.0 Å². The van der Waals surface area contributed by atoms with Crippen molar-refractivity contribution < 1.29 is 50.9 Å². The quantitative estimate of drug-likeness (QED) is 0.229. The molecule has 0 atom stereocenters. The van der Waals surface area contributed by atoms with Gasteiger partial charge in [0, 0.05) is 71.9 Å². The SMILES string of the molecule is CN(C)Cc1cc(C(C)(C)C)cc(C(C)(C)C)c1O.CN(C)Cc1cc(C(C)(C)C)cc(C(C)(C)C)c1O.CN(C)Cc1cc(C(C)(C)C)cc(C(C)(C)C)c1O.[La]. The van der Waals surface area contributed by atoms with Crippen LogP contribution in [0.5, 0.6) is 17.2 Å². The Kier molecular flexibility index (Phi) is 20.1. The Bertz CT molecular complexity index is 1560. The van der Waals surface area contributed by atoms with E-state index >= 15 is 0 Å². The molecule has 3 N–H and O–H groups in total. The third kappa shape index (κ3) is 17.2. The molecule has 3 rings (SSSR count). The van der Waals surface area contributed by atoms with Gasteiger partial charge in [-0.3, -0.25) is 0 Å². The van der Waals surface area contributed by atoms with E-state index in [-0.39, 0.29) is 68.1 Å². The summed E-state index contributed by atoms with van der Waals surface area (Å²) in [6.45, 7) is 41.5. The predicted molar refractivity (Wildman–Crippen MR) is 249 cm³/mol. The van der Waals surface area contributed by atoms with Crippen LogP contribution in [0.15, 0.2) is 36.4 Å². The zero-order chi connectivity index (χ0) is 45.0. The van der Waals surface area contributed by atoms with Crippen LogP contribution in [0.3, 0.4) is 0 Å². The molecule has 0 amide bonds. The average molecular weight is 929 g/mol. The molecule has 3 aromatic rings. The van der Waals surface area contributed by atoms with Gasteiger partial charge in [-0.05, 0) is 108 Å². The van der Waals surface area contributed by atoms with Gasteiger partial charge in [0.25, 0.3) is 0 Å². The Morgan fingerprint density at radius 1 is 0.328 bits per heavy atom. The summed E-state index contributed by atoms with van der Waals surface area (Å²) in [5, 5.41) is 31.6. The molecule has 0 fully saturated rings. The van der Waals surface area contributed by atoms with E-state index in [0.717, 1.165) is 53.0 Å². The van der Waals surface area contributed by atoms with Crippen LogP contribution in [0.1, 0.15) is 175 Å². The van der Waals surface area contributed by atoms with E-state index in [0.29, 0.717) is 17.2 Å². The summed E-state index contributed by atoms with van der Waals surface area (Å²) >= 11 is 0.